The predicted molar refractivity (Wildman–Crippen MR) is 84.6 cm³/mol. The van der Waals surface area contributed by atoms with Gasteiger partial charge in [0.2, 0.25) is 0 Å². The normalized spacial score (nSPS) is 16.0. The summed E-state index contributed by atoms with van der Waals surface area (Å²) in [6.45, 7) is 6.94. The number of carbonyl (C=O) groups excluding carboxylic acids is 1. The Kier molecular flexibility index (Phi) is 5.62. The molecule has 4 heteroatoms. The standard InChI is InChI=1S/C17H26N2O2/c1-13-4-5-16(14(2)10-13)21-12-17(20)19-8-6-15(7-9-19)11-18-3/h4-5,10,15,18H,6-9,11-12H2,1-3H3. The Morgan fingerprint density at radius 2 is 2.05 bits per heavy atom. The lowest BCUT2D eigenvalue weighted by Crippen LogP contribution is -2.42. The molecular formula is C17H26N2O2. The Morgan fingerprint density at radius 3 is 2.67 bits per heavy atom. The molecule has 0 aromatic heterocycles. The van der Waals surface area contributed by atoms with Gasteiger partial charge in [0.05, 0.1) is 0 Å². The van der Waals surface area contributed by atoms with E-state index >= 15 is 0 Å². The zero-order chi connectivity index (χ0) is 15.2. The number of hydrogen-bond donors (Lipinski definition) is 1. The van der Waals surface area contributed by atoms with Crippen molar-refractivity contribution in [2.45, 2.75) is 26.7 Å². The van der Waals surface area contributed by atoms with Crippen LogP contribution in [-0.2, 0) is 4.79 Å². The van der Waals surface area contributed by atoms with E-state index in [1.165, 1.54) is 5.56 Å². The minimum Gasteiger partial charge on any atom is -0.484 e. The number of rotatable bonds is 5. The molecule has 0 spiro atoms. The lowest BCUT2D eigenvalue weighted by Gasteiger charge is -2.31. The minimum atomic E-state index is 0.0953. The van der Waals surface area contributed by atoms with Crippen LogP contribution in [0.2, 0.25) is 0 Å². The van der Waals surface area contributed by atoms with Crippen LogP contribution in [0.4, 0.5) is 0 Å². The second-order valence-corrected chi connectivity index (χ2v) is 5.94. The SMILES string of the molecule is CNCC1CCN(C(=O)COc2ccc(C)cc2C)CC1. The van der Waals surface area contributed by atoms with Crippen LogP contribution in [0.25, 0.3) is 0 Å². The average molecular weight is 290 g/mol. The number of hydrogen-bond acceptors (Lipinski definition) is 3. The number of nitrogens with one attached hydrogen (secondary N) is 1. The monoisotopic (exact) mass is 290 g/mol. The molecule has 4 nitrogen and oxygen atoms in total. The summed E-state index contributed by atoms with van der Waals surface area (Å²) in [7, 11) is 1.98. The summed E-state index contributed by atoms with van der Waals surface area (Å²) in [6, 6.07) is 6.02. The van der Waals surface area contributed by atoms with Crippen molar-refractivity contribution in [3.8, 4) is 5.75 Å². The third-order valence-electron chi connectivity index (χ3n) is 4.14. The summed E-state index contributed by atoms with van der Waals surface area (Å²) in [6.07, 6.45) is 2.16. The maximum atomic E-state index is 12.2. The van der Waals surface area contributed by atoms with Crippen LogP contribution in [0.3, 0.4) is 0 Å². The number of piperidine rings is 1. The fourth-order valence-corrected chi connectivity index (χ4v) is 2.87. The topological polar surface area (TPSA) is 41.6 Å². The molecule has 1 heterocycles. The van der Waals surface area contributed by atoms with E-state index in [0.717, 1.165) is 43.8 Å². The van der Waals surface area contributed by atoms with Gasteiger partial charge in [0.1, 0.15) is 5.75 Å². The van der Waals surface area contributed by atoms with Crippen LogP contribution in [-0.4, -0.2) is 44.1 Å². The first-order chi connectivity index (χ1) is 10.1. The number of nitrogens with zero attached hydrogens (tertiary/aromatic N) is 1. The molecule has 1 N–H and O–H groups in total. The van der Waals surface area contributed by atoms with Gasteiger partial charge in [-0.25, -0.2) is 0 Å². The third kappa shape index (κ3) is 4.46. The van der Waals surface area contributed by atoms with Crippen molar-refractivity contribution in [1.29, 1.82) is 0 Å². The van der Waals surface area contributed by atoms with Crippen LogP contribution in [0.1, 0.15) is 24.0 Å². The van der Waals surface area contributed by atoms with Gasteiger partial charge in [-0.1, -0.05) is 17.7 Å². The second-order valence-electron chi connectivity index (χ2n) is 5.94. The van der Waals surface area contributed by atoms with Crippen LogP contribution >= 0.6 is 0 Å². The molecular weight excluding hydrogens is 264 g/mol. The van der Waals surface area contributed by atoms with E-state index in [2.05, 4.69) is 18.3 Å². The molecule has 1 aromatic carbocycles. The molecule has 0 aliphatic carbocycles. The lowest BCUT2D eigenvalue weighted by molar-refractivity contribution is -0.134. The van der Waals surface area contributed by atoms with E-state index in [4.69, 9.17) is 4.74 Å². The van der Waals surface area contributed by atoms with E-state index in [1.54, 1.807) is 0 Å². The van der Waals surface area contributed by atoms with Crippen LogP contribution in [0.5, 0.6) is 5.75 Å². The quantitative estimate of drug-likeness (QED) is 0.903. The Balaban J connectivity index is 1.80. The molecule has 116 valence electrons. The highest BCUT2D eigenvalue weighted by molar-refractivity contribution is 5.77. The molecule has 1 aromatic rings. The molecule has 2 rings (SSSR count). The smallest absolute Gasteiger partial charge is 0.260 e. The van der Waals surface area contributed by atoms with Gasteiger partial charge in [0.15, 0.2) is 6.61 Å². The third-order valence-corrected chi connectivity index (χ3v) is 4.14. The number of likely N-dealkylation sites (tertiary alicyclic amines) is 1. The van der Waals surface area contributed by atoms with Crippen LogP contribution in [0, 0.1) is 19.8 Å². The zero-order valence-corrected chi connectivity index (χ0v) is 13.3. The van der Waals surface area contributed by atoms with Crippen molar-refractivity contribution in [2.24, 2.45) is 5.92 Å². The van der Waals surface area contributed by atoms with Crippen molar-refractivity contribution in [2.75, 3.05) is 33.3 Å². The molecule has 0 radical (unpaired) electrons. The van der Waals surface area contributed by atoms with Gasteiger partial charge in [-0.05, 0) is 57.8 Å². The van der Waals surface area contributed by atoms with E-state index in [0.29, 0.717) is 5.92 Å². The van der Waals surface area contributed by atoms with Gasteiger partial charge in [0.25, 0.3) is 5.91 Å². The van der Waals surface area contributed by atoms with E-state index in [1.807, 2.05) is 31.0 Å². The summed E-state index contributed by atoms with van der Waals surface area (Å²) in [5.74, 6) is 1.59. The Bertz CT molecular complexity index is 480. The summed E-state index contributed by atoms with van der Waals surface area (Å²) in [5, 5.41) is 3.21. The van der Waals surface area contributed by atoms with Crippen molar-refractivity contribution >= 4 is 5.91 Å². The molecule has 0 atom stereocenters. The largest absolute Gasteiger partial charge is 0.484 e. The summed E-state index contributed by atoms with van der Waals surface area (Å²) in [5.41, 5.74) is 2.29. The van der Waals surface area contributed by atoms with E-state index < -0.39 is 0 Å². The number of carbonyl (C=O) groups is 1. The second kappa shape index (κ2) is 7.46. The number of amides is 1. The lowest BCUT2D eigenvalue weighted by atomic mass is 9.97. The first-order valence-corrected chi connectivity index (χ1v) is 7.72. The Hall–Kier alpha value is -1.55. The molecule has 0 bridgehead atoms. The first-order valence-electron chi connectivity index (χ1n) is 7.72. The van der Waals surface area contributed by atoms with Crippen molar-refractivity contribution in [3.63, 3.8) is 0 Å². The van der Waals surface area contributed by atoms with E-state index in [-0.39, 0.29) is 12.5 Å². The highest BCUT2D eigenvalue weighted by Gasteiger charge is 2.22. The maximum absolute atomic E-state index is 12.2. The molecule has 21 heavy (non-hydrogen) atoms. The fraction of sp³-hybridized carbons (Fsp3) is 0.588. The first kappa shape index (κ1) is 15.8. The van der Waals surface area contributed by atoms with Gasteiger partial charge < -0.3 is 15.0 Å². The van der Waals surface area contributed by atoms with E-state index in [9.17, 15) is 4.79 Å². The van der Waals surface area contributed by atoms with Gasteiger partial charge in [-0.3, -0.25) is 4.79 Å². The van der Waals surface area contributed by atoms with Crippen LogP contribution < -0.4 is 10.1 Å². The number of ether oxygens (including phenoxy) is 1. The van der Waals surface area contributed by atoms with Gasteiger partial charge >= 0.3 is 0 Å². The number of aryl methyl sites for hydroxylation is 2. The molecule has 1 aliphatic heterocycles. The average Bonchev–Trinajstić information content (AvgIpc) is 2.47. The molecule has 1 saturated heterocycles. The fourth-order valence-electron chi connectivity index (χ4n) is 2.87. The minimum absolute atomic E-state index is 0.0953. The summed E-state index contributed by atoms with van der Waals surface area (Å²) < 4.78 is 5.68. The van der Waals surface area contributed by atoms with Crippen LogP contribution in [0.15, 0.2) is 18.2 Å². The Morgan fingerprint density at radius 1 is 1.33 bits per heavy atom. The summed E-state index contributed by atoms with van der Waals surface area (Å²) >= 11 is 0. The maximum Gasteiger partial charge on any atom is 0.260 e. The van der Waals surface area contributed by atoms with Gasteiger partial charge in [-0.2, -0.15) is 0 Å². The van der Waals surface area contributed by atoms with Crippen molar-refractivity contribution in [1.82, 2.24) is 10.2 Å². The van der Waals surface area contributed by atoms with Gasteiger partial charge in [-0.15, -0.1) is 0 Å². The molecule has 1 aliphatic rings. The molecule has 0 unspecified atom stereocenters. The zero-order valence-electron chi connectivity index (χ0n) is 13.3. The van der Waals surface area contributed by atoms with Gasteiger partial charge in [0, 0.05) is 13.1 Å². The Labute approximate surface area is 127 Å². The molecule has 0 saturated carbocycles. The van der Waals surface area contributed by atoms with Crippen molar-refractivity contribution < 1.29 is 9.53 Å². The van der Waals surface area contributed by atoms with Crippen molar-refractivity contribution in [3.05, 3.63) is 29.3 Å². The highest BCUT2D eigenvalue weighted by atomic mass is 16.5. The molecule has 1 amide bonds. The molecule has 1 fully saturated rings. The predicted octanol–water partition coefficient (Wildman–Crippen LogP) is 2.14. The summed E-state index contributed by atoms with van der Waals surface area (Å²) in [4.78, 5) is 14.1. The number of benzene rings is 1. The highest BCUT2D eigenvalue weighted by Crippen LogP contribution is 2.20.